The minimum Gasteiger partial charge on any atom is -0.481 e. The number of para-hydroxylation sites is 1. The van der Waals surface area contributed by atoms with Gasteiger partial charge in [-0.25, -0.2) is 0 Å². The van der Waals surface area contributed by atoms with Crippen molar-refractivity contribution in [2.45, 2.75) is 33.6 Å². The molecule has 2 amide bonds. The molecule has 1 aliphatic heterocycles. The lowest BCUT2D eigenvalue weighted by atomic mass is 9.93. The molecule has 0 saturated carbocycles. The maximum absolute atomic E-state index is 12.3. The van der Waals surface area contributed by atoms with Crippen LogP contribution in [-0.2, 0) is 20.8 Å². The summed E-state index contributed by atoms with van der Waals surface area (Å²) in [6.45, 7) is 5.50. The number of nitrogens with one attached hydrogen (secondary N) is 1. The summed E-state index contributed by atoms with van der Waals surface area (Å²) in [7, 11) is 0. The van der Waals surface area contributed by atoms with E-state index < -0.39 is 17.3 Å². The lowest BCUT2D eigenvalue weighted by Crippen LogP contribution is -2.41. The fraction of sp³-hybridized carbons (Fsp3) is 0.500. The number of hydrogen-bond donors (Lipinski definition) is 2. The third-order valence-electron chi connectivity index (χ3n) is 4.44. The SMILES string of the molecule is CCc1ccccc1N1CC(C(=O)NCC(C)(C)C(=O)O)CC1=O. The van der Waals surface area contributed by atoms with Gasteiger partial charge in [-0.15, -0.1) is 0 Å². The Kier molecular flexibility index (Phi) is 5.26. The molecule has 1 unspecified atom stereocenters. The van der Waals surface area contributed by atoms with Crippen molar-refractivity contribution in [3.63, 3.8) is 0 Å². The Balaban J connectivity index is 2.04. The largest absolute Gasteiger partial charge is 0.481 e. The highest BCUT2D eigenvalue weighted by Crippen LogP contribution is 2.28. The molecule has 1 heterocycles. The van der Waals surface area contributed by atoms with Crippen LogP contribution in [0.5, 0.6) is 0 Å². The molecule has 1 aromatic carbocycles. The molecule has 0 aromatic heterocycles. The van der Waals surface area contributed by atoms with Crippen LogP contribution in [0.3, 0.4) is 0 Å². The topological polar surface area (TPSA) is 86.7 Å². The number of aliphatic carboxylic acids is 1. The molecule has 0 aliphatic carbocycles. The maximum atomic E-state index is 12.3. The first-order chi connectivity index (χ1) is 11.3. The minimum atomic E-state index is -1.03. The van der Waals surface area contributed by atoms with Crippen LogP contribution in [0, 0.1) is 11.3 Å². The van der Waals surface area contributed by atoms with Crippen LogP contribution in [0.15, 0.2) is 24.3 Å². The number of carboxylic acid groups (broad SMARTS) is 1. The van der Waals surface area contributed by atoms with Gasteiger partial charge in [-0.3, -0.25) is 14.4 Å². The Hall–Kier alpha value is -2.37. The van der Waals surface area contributed by atoms with Crippen LogP contribution in [0.1, 0.15) is 32.8 Å². The van der Waals surface area contributed by atoms with E-state index in [1.807, 2.05) is 31.2 Å². The number of rotatable bonds is 6. The molecular formula is C18H24N2O4. The summed E-state index contributed by atoms with van der Waals surface area (Å²) in [6.07, 6.45) is 0.959. The van der Waals surface area contributed by atoms with Crippen molar-refractivity contribution in [2.75, 3.05) is 18.0 Å². The van der Waals surface area contributed by atoms with Gasteiger partial charge in [0, 0.05) is 25.2 Å². The summed E-state index contributed by atoms with van der Waals surface area (Å²) >= 11 is 0. The van der Waals surface area contributed by atoms with E-state index in [4.69, 9.17) is 5.11 Å². The molecule has 0 radical (unpaired) electrons. The number of carboxylic acids is 1. The highest BCUT2D eigenvalue weighted by Gasteiger charge is 2.37. The van der Waals surface area contributed by atoms with Gasteiger partial charge in [0.2, 0.25) is 11.8 Å². The van der Waals surface area contributed by atoms with Gasteiger partial charge in [0.25, 0.3) is 0 Å². The van der Waals surface area contributed by atoms with Gasteiger partial charge in [0.1, 0.15) is 0 Å². The van der Waals surface area contributed by atoms with Gasteiger partial charge < -0.3 is 15.3 Å². The highest BCUT2D eigenvalue weighted by molar-refractivity contribution is 6.00. The lowest BCUT2D eigenvalue weighted by molar-refractivity contribution is -0.147. The monoisotopic (exact) mass is 332 g/mol. The fourth-order valence-electron chi connectivity index (χ4n) is 2.72. The van der Waals surface area contributed by atoms with E-state index in [0.29, 0.717) is 6.54 Å². The minimum absolute atomic E-state index is 0.0391. The number of amides is 2. The molecule has 130 valence electrons. The summed E-state index contributed by atoms with van der Waals surface area (Å²) in [5.41, 5.74) is 0.886. The molecule has 2 N–H and O–H groups in total. The molecule has 2 rings (SSSR count). The Morgan fingerprint density at radius 3 is 2.62 bits per heavy atom. The molecule has 0 bridgehead atoms. The smallest absolute Gasteiger partial charge is 0.310 e. The quantitative estimate of drug-likeness (QED) is 0.832. The number of hydrogen-bond acceptors (Lipinski definition) is 3. The fourth-order valence-corrected chi connectivity index (χ4v) is 2.72. The highest BCUT2D eigenvalue weighted by atomic mass is 16.4. The van der Waals surface area contributed by atoms with Crippen LogP contribution < -0.4 is 10.2 Å². The van der Waals surface area contributed by atoms with Crippen LogP contribution in [0.25, 0.3) is 0 Å². The molecule has 24 heavy (non-hydrogen) atoms. The molecule has 6 nitrogen and oxygen atoms in total. The Labute approximate surface area is 141 Å². The van der Waals surface area contributed by atoms with Crippen molar-refractivity contribution < 1.29 is 19.5 Å². The number of anilines is 1. The Bertz CT molecular complexity index is 654. The summed E-state index contributed by atoms with van der Waals surface area (Å²) in [5.74, 6) is -1.77. The van der Waals surface area contributed by atoms with Crippen molar-refractivity contribution in [1.82, 2.24) is 5.32 Å². The lowest BCUT2D eigenvalue weighted by Gasteiger charge is -2.22. The van der Waals surface area contributed by atoms with Gasteiger partial charge in [0.05, 0.1) is 11.3 Å². The number of aryl methyl sites for hydroxylation is 1. The molecule has 1 aromatic rings. The Morgan fingerprint density at radius 1 is 1.33 bits per heavy atom. The zero-order valence-electron chi connectivity index (χ0n) is 14.3. The normalized spacial score (nSPS) is 17.9. The van der Waals surface area contributed by atoms with Crippen molar-refractivity contribution in [3.05, 3.63) is 29.8 Å². The third kappa shape index (κ3) is 3.75. The summed E-state index contributed by atoms with van der Waals surface area (Å²) < 4.78 is 0. The molecule has 1 fully saturated rings. The van der Waals surface area contributed by atoms with E-state index in [-0.39, 0.29) is 24.8 Å². The predicted octanol–water partition coefficient (Wildman–Crippen LogP) is 1.83. The van der Waals surface area contributed by atoms with Crippen molar-refractivity contribution in [3.8, 4) is 0 Å². The first kappa shape index (κ1) is 18.0. The van der Waals surface area contributed by atoms with E-state index in [2.05, 4.69) is 5.32 Å². The first-order valence-electron chi connectivity index (χ1n) is 8.15. The van der Waals surface area contributed by atoms with E-state index in [9.17, 15) is 14.4 Å². The average Bonchev–Trinajstić information content (AvgIpc) is 2.94. The molecule has 1 saturated heterocycles. The van der Waals surface area contributed by atoms with Gasteiger partial charge >= 0.3 is 5.97 Å². The van der Waals surface area contributed by atoms with E-state index >= 15 is 0 Å². The zero-order valence-corrected chi connectivity index (χ0v) is 14.3. The average molecular weight is 332 g/mol. The predicted molar refractivity (Wildman–Crippen MR) is 90.7 cm³/mol. The van der Waals surface area contributed by atoms with Crippen molar-refractivity contribution >= 4 is 23.5 Å². The standard InChI is InChI=1S/C18H24N2O4/c1-4-12-7-5-6-8-14(12)20-10-13(9-15(20)21)16(22)19-11-18(2,3)17(23)24/h5-8,13H,4,9-11H2,1-3H3,(H,19,22)(H,23,24). The zero-order chi connectivity index (χ0) is 17.9. The second-order valence-corrected chi connectivity index (χ2v) is 6.79. The van der Waals surface area contributed by atoms with Gasteiger partial charge in [-0.05, 0) is 31.9 Å². The van der Waals surface area contributed by atoms with Crippen LogP contribution in [-0.4, -0.2) is 36.0 Å². The third-order valence-corrected chi connectivity index (χ3v) is 4.44. The number of nitrogens with zero attached hydrogens (tertiary/aromatic N) is 1. The molecule has 1 aliphatic rings. The van der Waals surface area contributed by atoms with E-state index in [1.165, 1.54) is 0 Å². The number of benzene rings is 1. The van der Waals surface area contributed by atoms with E-state index in [1.54, 1.807) is 18.7 Å². The van der Waals surface area contributed by atoms with Crippen LogP contribution in [0.4, 0.5) is 5.69 Å². The summed E-state index contributed by atoms with van der Waals surface area (Å²) in [6, 6.07) is 7.68. The molecule has 0 spiro atoms. The van der Waals surface area contributed by atoms with Crippen LogP contribution in [0.2, 0.25) is 0 Å². The first-order valence-corrected chi connectivity index (χ1v) is 8.15. The molecule has 6 heteroatoms. The van der Waals surface area contributed by atoms with Crippen molar-refractivity contribution in [2.24, 2.45) is 11.3 Å². The van der Waals surface area contributed by atoms with Gasteiger partial charge in [-0.1, -0.05) is 25.1 Å². The van der Waals surface area contributed by atoms with E-state index in [0.717, 1.165) is 17.7 Å². The maximum Gasteiger partial charge on any atom is 0.310 e. The van der Waals surface area contributed by atoms with Crippen LogP contribution >= 0.6 is 0 Å². The Morgan fingerprint density at radius 2 is 2.00 bits per heavy atom. The number of carbonyl (C=O) groups excluding carboxylic acids is 2. The second-order valence-electron chi connectivity index (χ2n) is 6.79. The summed E-state index contributed by atoms with van der Waals surface area (Å²) in [5, 5.41) is 11.8. The van der Waals surface area contributed by atoms with Crippen molar-refractivity contribution in [1.29, 1.82) is 0 Å². The molecule has 1 atom stereocenters. The number of carbonyl (C=O) groups is 3. The van der Waals surface area contributed by atoms with Gasteiger partial charge in [0.15, 0.2) is 0 Å². The second kappa shape index (κ2) is 7.03. The van der Waals surface area contributed by atoms with Gasteiger partial charge in [-0.2, -0.15) is 0 Å². The summed E-state index contributed by atoms with van der Waals surface area (Å²) in [4.78, 5) is 37.4. The molecular weight excluding hydrogens is 308 g/mol.